The number of aromatic nitrogens is 2. The number of nitrogens with zero attached hydrogens (tertiary/aromatic N) is 2. The Morgan fingerprint density at radius 3 is 2.84 bits per heavy atom. The van der Waals surface area contributed by atoms with E-state index in [1.807, 2.05) is 25.3 Å². The highest BCUT2D eigenvalue weighted by molar-refractivity contribution is 7.10. The van der Waals surface area contributed by atoms with Crippen molar-refractivity contribution in [3.8, 4) is 11.6 Å². The van der Waals surface area contributed by atoms with Crippen LogP contribution in [-0.2, 0) is 0 Å². The number of thiazole rings is 1. The lowest BCUT2D eigenvalue weighted by atomic mass is 10.2. The van der Waals surface area contributed by atoms with E-state index in [4.69, 9.17) is 21.8 Å². The van der Waals surface area contributed by atoms with Gasteiger partial charge in [-0.2, -0.15) is 0 Å². The number of fused-ring (bicyclic) bond motifs is 1. The van der Waals surface area contributed by atoms with E-state index >= 15 is 0 Å². The van der Waals surface area contributed by atoms with Gasteiger partial charge in [-0.3, -0.25) is 0 Å². The van der Waals surface area contributed by atoms with Gasteiger partial charge in [0, 0.05) is 10.4 Å². The standard InChI is InChI=1S/C13H12ClN3OS/c1-6-3-8(14)4-9-11(6)18-12(16-9)10-5-19-13(17-10)7(2)15/h3-5,7H,15H2,1-2H3. The first-order valence-corrected chi connectivity index (χ1v) is 7.08. The Hall–Kier alpha value is -1.43. The SMILES string of the molecule is Cc1cc(Cl)cc2nc(-c3csc(C(C)N)n3)oc12. The Balaban J connectivity index is 2.12. The molecule has 98 valence electrons. The molecule has 2 N–H and O–H groups in total. The molecule has 0 aliphatic rings. The number of halogens is 1. The third-order valence-electron chi connectivity index (χ3n) is 2.77. The Labute approximate surface area is 119 Å². The molecule has 0 spiro atoms. The highest BCUT2D eigenvalue weighted by Crippen LogP contribution is 2.30. The third kappa shape index (κ3) is 2.25. The predicted octanol–water partition coefficient (Wildman–Crippen LogP) is 3.93. The minimum absolute atomic E-state index is 0.0840. The molecule has 0 saturated heterocycles. The first-order chi connectivity index (χ1) is 9.04. The van der Waals surface area contributed by atoms with Gasteiger partial charge in [0.05, 0.1) is 6.04 Å². The number of hydrogen-bond acceptors (Lipinski definition) is 5. The molecule has 0 fully saturated rings. The average molecular weight is 294 g/mol. The molecule has 0 bridgehead atoms. The van der Waals surface area contributed by atoms with E-state index < -0.39 is 0 Å². The second kappa shape index (κ2) is 4.59. The number of benzene rings is 1. The Kier molecular flexibility index (Phi) is 3.05. The molecular formula is C13H12ClN3OS. The molecule has 1 atom stereocenters. The first-order valence-electron chi connectivity index (χ1n) is 5.82. The largest absolute Gasteiger partial charge is 0.434 e. The number of rotatable bonds is 2. The number of aryl methyl sites for hydroxylation is 1. The second-order valence-corrected chi connectivity index (χ2v) is 5.78. The van der Waals surface area contributed by atoms with Crippen LogP contribution in [-0.4, -0.2) is 9.97 Å². The molecule has 3 aromatic rings. The van der Waals surface area contributed by atoms with E-state index in [9.17, 15) is 0 Å². The molecule has 0 amide bonds. The fraction of sp³-hybridized carbons (Fsp3) is 0.231. The summed E-state index contributed by atoms with van der Waals surface area (Å²) in [5.74, 6) is 0.503. The van der Waals surface area contributed by atoms with Crippen molar-refractivity contribution in [2.45, 2.75) is 19.9 Å². The van der Waals surface area contributed by atoms with Gasteiger partial charge in [0.2, 0.25) is 5.89 Å². The molecule has 2 heterocycles. The zero-order valence-corrected chi connectivity index (χ0v) is 12.0. The van der Waals surface area contributed by atoms with Crippen molar-refractivity contribution in [3.05, 3.63) is 33.1 Å². The van der Waals surface area contributed by atoms with Crippen molar-refractivity contribution in [3.63, 3.8) is 0 Å². The number of hydrogen-bond donors (Lipinski definition) is 1. The van der Waals surface area contributed by atoms with Crippen LogP contribution in [0.5, 0.6) is 0 Å². The first kappa shape index (κ1) is 12.6. The van der Waals surface area contributed by atoms with Gasteiger partial charge in [-0.25, -0.2) is 9.97 Å². The van der Waals surface area contributed by atoms with Crippen molar-refractivity contribution < 1.29 is 4.42 Å². The summed E-state index contributed by atoms with van der Waals surface area (Å²) < 4.78 is 5.77. The summed E-state index contributed by atoms with van der Waals surface area (Å²) in [6.07, 6.45) is 0. The van der Waals surface area contributed by atoms with Crippen LogP contribution >= 0.6 is 22.9 Å². The van der Waals surface area contributed by atoms with Crippen molar-refractivity contribution in [1.29, 1.82) is 0 Å². The van der Waals surface area contributed by atoms with Crippen LogP contribution in [0.25, 0.3) is 22.7 Å². The molecular weight excluding hydrogens is 282 g/mol. The molecule has 0 saturated carbocycles. The molecule has 0 radical (unpaired) electrons. The van der Waals surface area contributed by atoms with Gasteiger partial charge >= 0.3 is 0 Å². The fourth-order valence-corrected chi connectivity index (χ4v) is 2.88. The highest BCUT2D eigenvalue weighted by atomic mass is 35.5. The molecule has 4 nitrogen and oxygen atoms in total. The third-order valence-corrected chi connectivity index (χ3v) is 4.04. The maximum Gasteiger partial charge on any atom is 0.247 e. The van der Waals surface area contributed by atoms with Crippen molar-refractivity contribution >= 4 is 34.0 Å². The Bertz CT molecular complexity index is 748. The number of nitrogens with two attached hydrogens (primary N) is 1. The Morgan fingerprint density at radius 2 is 2.16 bits per heavy atom. The van der Waals surface area contributed by atoms with E-state index in [1.54, 1.807) is 6.07 Å². The van der Waals surface area contributed by atoms with Crippen molar-refractivity contribution in [2.24, 2.45) is 5.73 Å². The van der Waals surface area contributed by atoms with Crippen LogP contribution in [0.2, 0.25) is 5.02 Å². The minimum atomic E-state index is -0.0840. The lowest BCUT2D eigenvalue weighted by Crippen LogP contribution is -2.03. The number of oxazole rings is 1. The van der Waals surface area contributed by atoms with Crippen LogP contribution in [0.1, 0.15) is 23.5 Å². The van der Waals surface area contributed by atoms with Gasteiger partial charge < -0.3 is 10.2 Å². The summed E-state index contributed by atoms with van der Waals surface area (Å²) in [6, 6.07) is 3.56. The maximum atomic E-state index is 6.01. The molecule has 1 aromatic carbocycles. The van der Waals surface area contributed by atoms with Crippen LogP contribution in [0, 0.1) is 6.92 Å². The smallest absolute Gasteiger partial charge is 0.247 e. The quantitative estimate of drug-likeness (QED) is 0.777. The molecule has 1 unspecified atom stereocenters. The van der Waals surface area contributed by atoms with Crippen LogP contribution in [0.3, 0.4) is 0 Å². The van der Waals surface area contributed by atoms with Crippen LogP contribution in [0.15, 0.2) is 21.9 Å². The molecule has 0 aliphatic carbocycles. The predicted molar refractivity (Wildman–Crippen MR) is 77.5 cm³/mol. The molecule has 0 aliphatic heterocycles. The normalized spacial score (nSPS) is 13.1. The lowest BCUT2D eigenvalue weighted by molar-refractivity contribution is 0.614. The molecule has 6 heteroatoms. The average Bonchev–Trinajstić information content (AvgIpc) is 2.92. The minimum Gasteiger partial charge on any atom is -0.434 e. The summed E-state index contributed by atoms with van der Waals surface area (Å²) in [7, 11) is 0. The van der Waals surface area contributed by atoms with Crippen LogP contribution in [0.4, 0.5) is 0 Å². The topological polar surface area (TPSA) is 64.9 Å². The van der Waals surface area contributed by atoms with E-state index in [-0.39, 0.29) is 6.04 Å². The fourth-order valence-electron chi connectivity index (χ4n) is 1.86. The summed E-state index contributed by atoms with van der Waals surface area (Å²) in [4.78, 5) is 8.86. The van der Waals surface area contributed by atoms with Crippen molar-refractivity contribution in [2.75, 3.05) is 0 Å². The zero-order chi connectivity index (χ0) is 13.6. The Morgan fingerprint density at radius 1 is 1.37 bits per heavy atom. The van der Waals surface area contributed by atoms with Gasteiger partial charge in [-0.15, -0.1) is 11.3 Å². The van der Waals surface area contributed by atoms with E-state index in [0.717, 1.165) is 21.7 Å². The van der Waals surface area contributed by atoms with E-state index in [0.29, 0.717) is 16.6 Å². The summed E-state index contributed by atoms with van der Waals surface area (Å²) >= 11 is 7.52. The van der Waals surface area contributed by atoms with Gasteiger partial charge in [0.25, 0.3) is 0 Å². The van der Waals surface area contributed by atoms with E-state index in [1.165, 1.54) is 11.3 Å². The highest BCUT2D eigenvalue weighted by Gasteiger charge is 2.15. The summed E-state index contributed by atoms with van der Waals surface area (Å²) in [5.41, 5.74) is 8.97. The maximum absolute atomic E-state index is 6.01. The van der Waals surface area contributed by atoms with Gasteiger partial charge in [-0.1, -0.05) is 11.6 Å². The summed E-state index contributed by atoms with van der Waals surface area (Å²) in [6.45, 7) is 3.84. The van der Waals surface area contributed by atoms with Gasteiger partial charge in [0.1, 0.15) is 16.2 Å². The monoisotopic (exact) mass is 293 g/mol. The van der Waals surface area contributed by atoms with Crippen LogP contribution < -0.4 is 5.73 Å². The summed E-state index contributed by atoms with van der Waals surface area (Å²) in [5, 5.41) is 3.42. The van der Waals surface area contributed by atoms with Gasteiger partial charge in [-0.05, 0) is 31.5 Å². The second-order valence-electron chi connectivity index (χ2n) is 4.45. The molecule has 2 aromatic heterocycles. The zero-order valence-electron chi connectivity index (χ0n) is 10.5. The lowest BCUT2D eigenvalue weighted by Gasteiger charge is -1.96. The van der Waals surface area contributed by atoms with Gasteiger partial charge in [0.15, 0.2) is 5.58 Å². The van der Waals surface area contributed by atoms with E-state index in [2.05, 4.69) is 9.97 Å². The van der Waals surface area contributed by atoms with Crippen molar-refractivity contribution in [1.82, 2.24) is 9.97 Å². The molecule has 3 rings (SSSR count). The molecule has 19 heavy (non-hydrogen) atoms.